The zero-order valence-electron chi connectivity index (χ0n) is 23.4. The SMILES string of the molecule is O=C(Cc1cc(OC(F)(F)F)ccc1F)Nc1cn(CCC(F)Cn2cc(C(=O)NCc3cc(OC(F)(F)F)ccc3F)nn2)nn1. The number of hydrogen-bond donors (Lipinski definition) is 2. The first kappa shape index (κ1) is 34.5. The van der Waals surface area contributed by atoms with Crippen LogP contribution in [0.2, 0.25) is 0 Å². The van der Waals surface area contributed by atoms with E-state index in [1.54, 1.807) is 0 Å². The van der Waals surface area contributed by atoms with E-state index in [1.807, 2.05) is 0 Å². The first-order valence-electron chi connectivity index (χ1n) is 13.1. The molecule has 0 fully saturated rings. The average molecular weight is 680 g/mol. The molecule has 2 heterocycles. The number of benzene rings is 2. The smallest absolute Gasteiger partial charge is 0.406 e. The van der Waals surface area contributed by atoms with Gasteiger partial charge in [-0.3, -0.25) is 14.3 Å². The summed E-state index contributed by atoms with van der Waals surface area (Å²) in [5.41, 5.74) is -0.952. The molecule has 0 radical (unpaired) electrons. The Kier molecular flexibility index (Phi) is 10.6. The quantitative estimate of drug-likeness (QED) is 0.197. The molecular formula is C26H21F9N8O4. The lowest BCUT2D eigenvalue weighted by Gasteiger charge is -2.11. The summed E-state index contributed by atoms with van der Waals surface area (Å²) < 4.78 is 127. The zero-order chi connectivity index (χ0) is 34.4. The van der Waals surface area contributed by atoms with Crippen molar-refractivity contribution in [3.63, 3.8) is 0 Å². The number of carbonyl (C=O) groups is 2. The second-order valence-electron chi connectivity index (χ2n) is 9.59. The van der Waals surface area contributed by atoms with Gasteiger partial charge in [-0.25, -0.2) is 17.9 Å². The van der Waals surface area contributed by atoms with E-state index >= 15 is 0 Å². The van der Waals surface area contributed by atoms with Gasteiger partial charge < -0.3 is 20.1 Å². The van der Waals surface area contributed by atoms with Crippen molar-refractivity contribution >= 4 is 17.6 Å². The summed E-state index contributed by atoms with van der Waals surface area (Å²) in [5, 5.41) is 19.2. The Labute approximate surface area is 257 Å². The molecule has 47 heavy (non-hydrogen) atoms. The third-order valence-corrected chi connectivity index (χ3v) is 5.93. The van der Waals surface area contributed by atoms with Gasteiger partial charge >= 0.3 is 12.7 Å². The predicted molar refractivity (Wildman–Crippen MR) is 139 cm³/mol. The van der Waals surface area contributed by atoms with Crippen LogP contribution in [0.15, 0.2) is 48.8 Å². The minimum absolute atomic E-state index is 0.0415. The normalized spacial score (nSPS) is 12.4. The Morgan fingerprint density at radius 1 is 0.830 bits per heavy atom. The number of aryl methyl sites for hydroxylation is 1. The van der Waals surface area contributed by atoms with Crippen molar-refractivity contribution in [1.29, 1.82) is 0 Å². The molecule has 2 aromatic carbocycles. The highest BCUT2D eigenvalue weighted by atomic mass is 19.4. The van der Waals surface area contributed by atoms with E-state index < -0.39 is 66.8 Å². The molecule has 1 atom stereocenters. The fraction of sp³-hybridized carbons (Fsp3) is 0.308. The first-order valence-corrected chi connectivity index (χ1v) is 13.1. The van der Waals surface area contributed by atoms with Crippen molar-refractivity contribution in [2.75, 3.05) is 5.32 Å². The van der Waals surface area contributed by atoms with Crippen LogP contribution < -0.4 is 20.1 Å². The molecule has 12 nitrogen and oxygen atoms in total. The number of aromatic nitrogens is 6. The maximum absolute atomic E-state index is 14.6. The number of hydrogen-bond acceptors (Lipinski definition) is 8. The van der Waals surface area contributed by atoms with Gasteiger partial charge in [-0.15, -0.1) is 36.5 Å². The zero-order valence-corrected chi connectivity index (χ0v) is 23.4. The van der Waals surface area contributed by atoms with Crippen molar-refractivity contribution in [3.8, 4) is 11.5 Å². The third kappa shape index (κ3) is 10.9. The molecule has 252 valence electrons. The van der Waals surface area contributed by atoms with Gasteiger partial charge in [0.05, 0.1) is 25.4 Å². The van der Waals surface area contributed by atoms with E-state index in [9.17, 15) is 49.1 Å². The van der Waals surface area contributed by atoms with E-state index in [1.165, 1.54) is 10.9 Å². The van der Waals surface area contributed by atoms with Crippen LogP contribution in [0.5, 0.6) is 11.5 Å². The Bertz CT molecular complexity index is 1710. The molecule has 2 N–H and O–H groups in total. The van der Waals surface area contributed by atoms with Gasteiger partial charge in [0.15, 0.2) is 11.5 Å². The van der Waals surface area contributed by atoms with Crippen LogP contribution in [0.25, 0.3) is 0 Å². The molecule has 0 aliphatic carbocycles. The molecule has 0 bridgehead atoms. The topological polar surface area (TPSA) is 138 Å². The molecule has 4 rings (SSSR count). The maximum atomic E-state index is 14.6. The highest BCUT2D eigenvalue weighted by Gasteiger charge is 2.32. The number of anilines is 1. The van der Waals surface area contributed by atoms with Crippen molar-refractivity contribution in [3.05, 3.63) is 77.2 Å². The van der Waals surface area contributed by atoms with Gasteiger partial charge in [0.25, 0.3) is 5.91 Å². The minimum Gasteiger partial charge on any atom is -0.406 e. The highest BCUT2D eigenvalue weighted by molar-refractivity contribution is 5.92. The fourth-order valence-electron chi connectivity index (χ4n) is 3.92. The Morgan fingerprint density at radius 3 is 2.06 bits per heavy atom. The third-order valence-electron chi connectivity index (χ3n) is 5.93. The molecule has 2 aromatic heterocycles. The Morgan fingerprint density at radius 2 is 1.43 bits per heavy atom. The number of halogens is 9. The molecule has 0 saturated heterocycles. The number of nitrogens with one attached hydrogen (secondary N) is 2. The second-order valence-corrected chi connectivity index (χ2v) is 9.59. The number of rotatable bonds is 13. The first-order chi connectivity index (χ1) is 22.0. The van der Waals surface area contributed by atoms with Crippen LogP contribution in [0.1, 0.15) is 28.0 Å². The lowest BCUT2D eigenvalue weighted by molar-refractivity contribution is -0.275. The van der Waals surface area contributed by atoms with Crippen LogP contribution in [-0.2, 0) is 30.8 Å². The van der Waals surface area contributed by atoms with E-state index in [-0.39, 0.29) is 42.1 Å². The highest BCUT2D eigenvalue weighted by Crippen LogP contribution is 2.26. The van der Waals surface area contributed by atoms with Gasteiger partial charge in [-0.1, -0.05) is 10.4 Å². The summed E-state index contributed by atoms with van der Waals surface area (Å²) in [4.78, 5) is 24.6. The van der Waals surface area contributed by atoms with Crippen molar-refractivity contribution in [2.24, 2.45) is 0 Å². The molecular weight excluding hydrogens is 659 g/mol. The van der Waals surface area contributed by atoms with Crippen molar-refractivity contribution in [2.45, 2.75) is 51.4 Å². The summed E-state index contributed by atoms with van der Waals surface area (Å²) in [5.74, 6) is -5.02. The molecule has 21 heteroatoms. The fourth-order valence-corrected chi connectivity index (χ4v) is 3.92. The Hall–Kier alpha value is -5.37. The van der Waals surface area contributed by atoms with Gasteiger partial charge in [-0.05, 0) is 36.4 Å². The standard InChI is InChI=1S/C26H21F9N8O4/c27-16(11-43-12-21(38-40-43)24(45)36-10-15-8-18(2-4-20(15)29)47-26(33,34)35)5-6-42-13-22(39-41-42)37-23(44)9-14-7-17(1-3-19(14)28)46-25(30,31)32/h1-4,7-8,12-13,16H,5-6,9-11H2,(H,36,45)(H,37,44). The number of carbonyl (C=O) groups excluding carboxylic acids is 2. The lowest BCUT2D eigenvalue weighted by atomic mass is 10.1. The summed E-state index contributed by atoms with van der Waals surface area (Å²) in [6, 6.07) is 4.47. The number of amides is 2. The molecule has 0 aliphatic rings. The molecule has 0 saturated carbocycles. The van der Waals surface area contributed by atoms with Crippen LogP contribution in [0.3, 0.4) is 0 Å². The van der Waals surface area contributed by atoms with Gasteiger partial charge in [-0.2, -0.15) is 0 Å². The van der Waals surface area contributed by atoms with E-state index in [2.05, 4.69) is 40.7 Å². The second kappa shape index (κ2) is 14.4. The largest absolute Gasteiger partial charge is 0.573 e. The molecule has 0 spiro atoms. The molecule has 2 amide bonds. The number of ether oxygens (including phenoxy) is 2. The number of alkyl halides is 7. The monoisotopic (exact) mass is 680 g/mol. The van der Waals surface area contributed by atoms with Crippen molar-refractivity contribution in [1.82, 2.24) is 35.3 Å². The van der Waals surface area contributed by atoms with Crippen LogP contribution in [-0.4, -0.2) is 60.7 Å². The summed E-state index contributed by atoms with van der Waals surface area (Å²) in [6.45, 7) is -0.910. The average Bonchev–Trinajstić information content (AvgIpc) is 3.62. The summed E-state index contributed by atoms with van der Waals surface area (Å²) in [7, 11) is 0. The van der Waals surface area contributed by atoms with E-state index in [4.69, 9.17) is 0 Å². The van der Waals surface area contributed by atoms with Gasteiger partial charge in [0.2, 0.25) is 5.91 Å². The Balaban J connectivity index is 1.22. The summed E-state index contributed by atoms with van der Waals surface area (Å²) >= 11 is 0. The molecule has 0 aliphatic heterocycles. The van der Waals surface area contributed by atoms with Crippen LogP contribution in [0, 0.1) is 11.6 Å². The van der Waals surface area contributed by atoms with Crippen LogP contribution >= 0.6 is 0 Å². The maximum Gasteiger partial charge on any atom is 0.573 e. The van der Waals surface area contributed by atoms with E-state index in [0.29, 0.717) is 6.07 Å². The minimum atomic E-state index is -5.01. The molecule has 4 aromatic rings. The lowest BCUT2D eigenvalue weighted by Crippen LogP contribution is -2.24. The number of nitrogens with zero attached hydrogens (tertiary/aromatic N) is 6. The van der Waals surface area contributed by atoms with Crippen molar-refractivity contribution < 1.29 is 58.6 Å². The predicted octanol–water partition coefficient (Wildman–Crippen LogP) is 4.48. The molecule has 1 unspecified atom stereocenters. The summed E-state index contributed by atoms with van der Waals surface area (Å²) in [6.07, 6.45) is -10.0. The van der Waals surface area contributed by atoms with Crippen LogP contribution in [0.4, 0.5) is 45.3 Å². The van der Waals surface area contributed by atoms with Gasteiger partial charge in [0, 0.05) is 30.6 Å². The van der Waals surface area contributed by atoms with Gasteiger partial charge in [0.1, 0.15) is 29.3 Å². The van der Waals surface area contributed by atoms with E-state index in [0.717, 1.165) is 41.2 Å².